The molecule has 0 amide bonds. The number of rotatable bonds is 7. The van der Waals surface area contributed by atoms with E-state index in [0.29, 0.717) is 6.42 Å². The van der Waals surface area contributed by atoms with E-state index in [1.807, 2.05) is 12.1 Å². The van der Waals surface area contributed by atoms with Gasteiger partial charge in [0.15, 0.2) is 0 Å². The lowest BCUT2D eigenvalue weighted by atomic mass is 9.83. The zero-order chi connectivity index (χ0) is 34.6. The van der Waals surface area contributed by atoms with E-state index < -0.39 is 4.33 Å². The molecule has 0 bridgehead atoms. The average Bonchev–Trinajstić information content (AvgIpc) is 3.41. The number of benzene rings is 4. The van der Waals surface area contributed by atoms with Crippen molar-refractivity contribution < 1.29 is 9.47 Å². The number of methoxy groups -OCH3 is 2. The standard InChI is InChI=1S/C46H40Cl2O2/c1-28-21-42-38(34-15-13-32-25-36(49-3)19-17-30(32)23-34)9-5-7-11-40(42)44(28)27-46(47,48)45-29(2)22-43-39(10-6-8-12-41(43)45)35-16-14-33-26-37(50-4)20-18-31(33)24-35/h5-26,28,38-39,45H,27H2,1-4H3. The Kier molecular flexibility index (Phi) is 8.50. The summed E-state index contributed by atoms with van der Waals surface area (Å²) in [5.41, 5.74) is 10.0. The number of hydrogen-bond acceptors (Lipinski definition) is 2. The number of ether oxygens (including phenoxy) is 2. The highest BCUT2D eigenvalue weighted by Gasteiger charge is 2.44. The summed E-state index contributed by atoms with van der Waals surface area (Å²) in [6, 6.07) is 25.9. The van der Waals surface area contributed by atoms with Crippen molar-refractivity contribution in [2.24, 2.45) is 11.8 Å². The predicted octanol–water partition coefficient (Wildman–Crippen LogP) is 12.4. The molecule has 4 atom stereocenters. The second kappa shape index (κ2) is 13.0. The molecule has 4 aliphatic rings. The lowest BCUT2D eigenvalue weighted by Crippen LogP contribution is -2.28. The number of hydrogen-bond donors (Lipinski definition) is 0. The molecule has 50 heavy (non-hydrogen) atoms. The van der Waals surface area contributed by atoms with Crippen molar-refractivity contribution in [1.29, 1.82) is 0 Å². The van der Waals surface area contributed by atoms with E-state index >= 15 is 0 Å². The van der Waals surface area contributed by atoms with Crippen molar-refractivity contribution in [3.8, 4) is 11.5 Å². The van der Waals surface area contributed by atoms with Crippen molar-refractivity contribution in [3.05, 3.63) is 178 Å². The van der Waals surface area contributed by atoms with E-state index in [0.717, 1.165) is 16.9 Å². The van der Waals surface area contributed by atoms with Gasteiger partial charge < -0.3 is 9.47 Å². The van der Waals surface area contributed by atoms with Crippen LogP contribution < -0.4 is 9.47 Å². The lowest BCUT2D eigenvalue weighted by Gasteiger charge is -2.32. The Bertz CT molecular complexity index is 2290. The summed E-state index contributed by atoms with van der Waals surface area (Å²) in [7, 11) is 3.41. The van der Waals surface area contributed by atoms with Gasteiger partial charge in [0, 0.05) is 24.2 Å². The largest absolute Gasteiger partial charge is 0.497 e. The van der Waals surface area contributed by atoms with Gasteiger partial charge in [0.1, 0.15) is 15.8 Å². The Balaban J connectivity index is 1.11. The summed E-state index contributed by atoms with van der Waals surface area (Å²) in [5.74, 6) is 2.05. The smallest absolute Gasteiger partial charge is 0.132 e. The molecule has 0 aromatic heterocycles. The summed E-state index contributed by atoms with van der Waals surface area (Å²) in [6.45, 7) is 4.46. The zero-order valence-corrected chi connectivity index (χ0v) is 30.3. The second-order valence-electron chi connectivity index (χ2n) is 13.9. The molecule has 0 fully saturated rings. The number of halogens is 2. The van der Waals surface area contributed by atoms with Gasteiger partial charge in [-0.05, 0) is 92.1 Å². The van der Waals surface area contributed by atoms with Gasteiger partial charge in [-0.25, -0.2) is 0 Å². The van der Waals surface area contributed by atoms with Crippen LogP contribution in [0.3, 0.4) is 0 Å². The fraction of sp³-hybridized carbons (Fsp3) is 0.217. The Morgan fingerprint density at radius 1 is 0.660 bits per heavy atom. The van der Waals surface area contributed by atoms with Crippen molar-refractivity contribution in [3.63, 3.8) is 0 Å². The minimum Gasteiger partial charge on any atom is -0.497 e. The molecule has 0 radical (unpaired) electrons. The van der Waals surface area contributed by atoms with Gasteiger partial charge in [-0.2, -0.15) is 0 Å². The molecule has 4 aliphatic carbocycles. The summed E-state index contributed by atoms with van der Waals surface area (Å²) in [4.78, 5) is 0. The highest BCUT2D eigenvalue weighted by molar-refractivity contribution is 6.49. The molecule has 4 unspecified atom stereocenters. The molecule has 0 aliphatic heterocycles. The van der Waals surface area contributed by atoms with E-state index in [2.05, 4.69) is 135 Å². The Labute approximate surface area is 305 Å². The third kappa shape index (κ3) is 5.79. The van der Waals surface area contributed by atoms with Gasteiger partial charge in [0.05, 0.1) is 14.2 Å². The minimum absolute atomic E-state index is 0.0935. The van der Waals surface area contributed by atoms with Crippen LogP contribution in [0.15, 0.2) is 167 Å². The van der Waals surface area contributed by atoms with Crippen molar-refractivity contribution in [2.45, 2.75) is 36.4 Å². The van der Waals surface area contributed by atoms with Crippen LogP contribution >= 0.6 is 23.2 Å². The van der Waals surface area contributed by atoms with Crippen LogP contribution in [0, 0.1) is 11.8 Å². The van der Waals surface area contributed by atoms with Crippen molar-refractivity contribution in [1.82, 2.24) is 0 Å². The van der Waals surface area contributed by atoms with Crippen LogP contribution in [0.5, 0.6) is 11.5 Å². The summed E-state index contributed by atoms with van der Waals surface area (Å²) in [6.07, 6.45) is 23.0. The minimum atomic E-state index is -1.04. The van der Waals surface area contributed by atoms with Crippen LogP contribution in [0.1, 0.15) is 43.2 Å². The van der Waals surface area contributed by atoms with Crippen LogP contribution in [-0.4, -0.2) is 18.6 Å². The van der Waals surface area contributed by atoms with Crippen molar-refractivity contribution >= 4 is 44.7 Å². The maximum Gasteiger partial charge on any atom is 0.132 e. The topological polar surface area (TPSA) is 18.5 Å². The van der Waals surface area contributed by atoms with Gasteiger partial charge in [-0.3, -0.25) is 0 Å². The average molecular weight is 696 g/mol. The molecule has 0 saturated carbocycles. The molecule has 4 aromatic carbocycles. The zero-order valence-electron chi connectivity index (χ0n) is 28.8. The fourth-order valence-electron chi connectivity index (χ4n) is 8.40. The van der Waals surface area contributed by atoms with Crippen LogP contribution in [-0.2, 0) is 0 Å². The van der Waals surface area contributed by atoms with E-state index in [-0.39, 0.29) is 23.7 Å². The van der Waals surface area contributed by atoms with Gasteiger partial charge in [0.2, 0.25) is 0 Å². The normalized spacial score (nSPS) is 22.8. The molecule has 4 heteroatoms. The number of alkyl halides is 2. The van der Waals surface area contributed by atoms with Gasteiger partial charge in [-0.15, -0.1) is 23.2 Å². The molecule has 0 heterocycles. The van der Waals surface area contributed by atoms with Crippen LogP contribution in [0.4, 0.5) is 0 Å². The first kappa shape index (κ1) is 32.7. The third-order valence-corrected chi connectivity index (χ3v) is 11.6. The molecule has 8 rings (SSSR count). The predicted molar refractivity (Wildman–Crippen MR) is 211 cm³/mol. The van der Waals surface area contributed by atoms with E-state index in [4.69, 9.17) is 32.7 Å². The second-order valence-corrected chi connectivity index (χ2v) is 15.5. The monoisotopic (exact) mass is 694 g/mol. The maximum atomic E-state index is 7.59. The van der Waals surface area contributed by atoms with Crippen molar-refractivity contribution in [2.75, 3.05) is 14.2 Å². The molecule has 250 valence electrons. The quantitative estimate of drug-likeness (QED) is 0.179. The Hall–Kier alpha value is -4.50. The summed E-state index contributed by atoms with van der Waals surface area (Å²) < 4.78 is 9.87. The summed E-state index contributed by atoms with van der Waals surface area (Å²) >= 11 is 15.2. The first-order valence-electron chi connectivity index (χ1n) is 17.3. The third-order valence-electron chi connectivity index (χ3n) is 10.9. The fourth-order valence-corrected chi connectivity index (χ4v) is 9.27. The molecule has 2 nitrogen and oxygen atoms in total. The molecule has 0 N–H and O–H groups in total. The van der Waals surface area contributed by atoms with Gasteiger partial charge in [-0.1, -0.05) is 127 Å². The lowest BCUT2D eigenvalue weighted by molar-refractivity contribution is 0.415. The van der Waals surface area contributed by atoms with E-state index in [1.54, 1.807) is 14.2 Å². The molecule has 0 spiro atoms. The molecular formula is C46H40Cl2O2. The molecule has 4 aromatic rings. The Morgan fingerprint density at radius 2 is 1.22 bits per heavy atom. The van der Waals surface area contributed by atoms with Crippen LogP contribution in [0.2, 0.25) is 0 Å². The van der Waals surface area contributed by atoms with E-state index in [9.17, 15) is 0 Å². The highest BCUT2D eigenvalue weighted by atomic mass is 35.5. The Morgan fingerprint density at radius 3 is 1.86 bits per heavy atom. The number of fused-ring (bicyclic) bond motifs is 3. The maximum absolute atomic E-state index is 7.59. The highest BCUT2D eigenvalue weighted by Crippen LogP contribution is 2.54. The molecule has 0 saturated heterocycles. The van der Waals surface area contributed by atoms with Gasteiger partial charge in [0.25, 0.3) is 0 Å². The van der Waals surface area contributed by atoms with Gasteiger partial charge >= 0.3 is 0 Å². The van der Waals surface area contributed by atoms with Crippen LogP contribution in [0.25, 0.3) is 21.5 Å². The SMILES string of the molecule is COc1ccc2cc(C3C=CC=CC4=C(CC(Cl)(Cl)C5C(C)=CC6=C5C=CC=CC6c5ccc6cc(OC)ccc6c5)C(C)C=C43)ccc2c1. The first-order valence-corrected chi connectivity index (χ1v) is 18.1. The summed E-state index contributed by atoms with van der Waals surface area (Å²) in [5, 5.41) is 4.72. The van der Waals surface area contributed by atoms with E-state index in [1.165, 1.54) is 60.7 Å². The first-order chi connectivity index (χ1) is 24.2. The number of allylic oxidation sites excluding steroid dienone is 16. The molecular weight excluding hydrogens is 655 g/mol.